The van der Waals surface area contributed by atoms with Crippen molar-refractivity contribution in [3.05, 3.63) is 199 Å². The second-order valence-electron chi connectivity index (χ2n) is 14.1. The number of benzene rings is 6. The molecule has 0 aliphatic carbocycles. The molecule has 3 aromatic heterocycles. The summed E-state index contributed by atoms with van der Waals surface area (Å²) in [6, 6.07) is 64.4. The summed E-state index contributed by atoms with van der Waals surface area (Å²) < 4.78 is 0. The number of pyridine rings is 2. The monoisotopic (exact) mass is 707 g/mol. The fourth-order valence-corrected chi connectivity index (χ4v) is 7.28. The van der Waals surface area contributed by atoms with E-state index in [2.05, 4.69) is 117 Å². The zero-order valence-corrected chi connectivity index (χ0v) is 30.6. The molecular formula is C50H37N5. The van der Waals surface area contributed by atoms with Crippen molar-refractivity contribution in [1.29, 1.82) is 0 Å². The highest BCUT2D eigenvalue weighted by molar-refractivity contribution is 6.06. The molecule has 0 N–H and O–H groups in total. The van der Waals surface area contributed by atoms with E-state index in [1.165, 1.54) is 0 Å². The highest BCUT2D eigenvalue weighted by Gasteiger charge is 2.31. The highest BCUT2D eigenvalue weighted by Crippen LogP contribution is 2.43. The number of aromatic nitrogens is 5. The maximum absolute atomic E-state index is 5.51. The van der Waals surface area contributed by atoms with Crippen molar-refractivity contribution in [1.82, 2.24) is 24.9 Å². The van der Waals surface area contributed by atoms with Gasteiger partial charge in [-0.15, -0.1) is 0 Å². The third-order valence-electron chi connectivity index (χ3n) is 10.2. The van der Waals surface area contributed by atoms with E-state index in [1.807, 2.05) is 84.9 Å². The Morgan fingerprint density at radius 1 is 0.327 bits per heavy atom. The number of hydrogen-bond donors (Lipinski definition) is 0. The van der Waals surface area contributed by atoms with Gasteiger partial charge in [-0.2, -0.15) is 0 Å². The molecule has 5 heteroatoms. The SMILES string of the molecule is CC(C)(c1cccc(-c2ccccc2)n1)c1nc(-c2ccccc2)ccc1-c1cccc2cccc(-c3nc(-c4ccccc4)nc(-c4ccccc4)n3)c12. The van der Waals surface area contributed by atoms with Gasteiger partial charge in [0, 0.05) is 44.2 Å². The van der Waals surface area contributed by atoms with Crippen molar-refractivity contribution in [2.24, 2.45) is 0 Å². The number of fused-ring (bicyclic) bond motifs is 1. The first-order valence-corrected chi connectivity index (χ1v) is 18.5. The van der Waals surface area contributed by atoms with Gasteiger partial charge in [0.25, 0.3) is 0 Å². The van der Waals surface area contributed by atoms with Crippen molar-refractivity contribution in [3.63, 3.8) is 0 Å². The third-order valence-corrected chi connectivity index (χ3v) is 10.2. The normalized spacial score (nSPS) is 11.5. The lowest BCUT2D eigenvalue weighted by molar-refractivity contribution is 0.599. The fraction of sp³-hybridized carbons (Fsp3) is 0.0600. The molecular weight excluding hydrogens is 671 g/mol. The molecule has 262 valence electrons. The summed E-state index contributed by atoms with van der Waals surface area (Å²) in [5, 5.41) is 2.13. The number of rotatable bonds is 8. The minimum Gasteiger partial charge on any atom is -0.252 e. The Balaban J connectivity index is 1.28. The Bertz CT molecular complexity index is 2700. The predicted octanol–water partition coefficient (Wildman–Crippen LogP) is 12.1. The molecule has 0 aliphatic heterocycles. The van der Waals surface area contributed by atoms with E-state index in [4.69, 9.17) is 24.9 Å². The lowest BCUT2D eigenvalue weighted by Crippen LogP contribution is -2.24. The first-order valence-electron chi connectivity index (χ1n) is 18.5. The first-order chi connectivity index (χ1) is 27.0. The van der Waals surface area contributed by atoms with Gasteiger partial charge >= 0.3 is 0 Å². The van der Waals surface area contributed by atoms with Crippen molar-refractivity contribution in [2.75, 3.05) is 0 Å². The van der Waals surface area contributed by atoms with Gasteiger partial charge in [0.05, 0.1) is 22.8 Å². The zero-order chi connectivity index (χ0) is 37.2. The van der Waals surface area contributed by atoms with Crippen LogP contribution in [0.2, 0.25) is 0 Å². The summed E-state index contributed by atoms with van der Waals surface area (Å²) in [7, 11) is 0. The topological polar surface area (TPSA) is 64.5 Å². The first kappa shape index (κ1) is 33.7. The van der Waals surface area contributed by atoms with Crippen molar-refractivity contribution < 1.29 is 0 Å². The number of nitrogens with zero attached hydrogens (tertiary/aromatic N) is 5. The summed E-state index contributed by atoms with van der Waals surface area (Å²) in [5.41, 5.74) is 10.1. The maximum atomic E-state index is 5.51. The van der Waals surface area contributed by atoms with Gasteiger partial charge in [-0.3, -0.25) is 9.97 Å². The standard InChI is InChI=1S/C50H37N5/c1-50(2,44-31-17-30-42(51-44)34-18-7-3-8-19-34)46-40(32-33-43(52-46)35-20-9-4-10-21-35)39-28-15-26-36-27-16-29-41(45(36)39)49-54-47(37-22-11-5-12-23-37)53-48(55-49)38-24-13-6-14-25-38/h3-33H,1-2H3. The van der Waals surface area contributed by atoms with E-state index in [-0.39, 0.29) is 0 Å². The Kier molecular flexibility index (Phi) is 8.81. The van der Waals surface area contributed by atoms with Gasteiger partial charge in [-0.1, -0.05) is 170 Å². The van der Waals surface area contributed by atoms with Crippen LogP contribution in [0.1, 0.15) is 25.2 Å². The Morgan fingerprint density at radius 3 is 1.36 bits per heavy atom. The summed E-state index contributed by atoms with van der Waals surface area (Å²) in [6.07, 6.45) is 0. The average molecular weight is 708 g/mol. The molecule has 0 amide bonds. The van der Waals surface area contributed by atoms with E-state index >= 15 is 0 Å². The average Bonchev–Trinajstić information content (AvgIpc) is 3.27. The van der Waals surface area contributed by atoms with Crippen LogP contribution >= 0.6 is 0 Å². The molecule has 0 saturated heterocycles. The summed E-state index contributed by atoms with van der Waals surface area (Å²) in [6.45, 7) is 4.45. The molecule has 5 nitrogen and oxygen atoms in total. The summed E-state index contributed by atoms with van der Waals surface area (Å²) >= 11 is 0. The molecule has 0 radical (unpaired) electrons. The number of hydrogen-bond acceptors (Lipinski definition) is 5. The Hall–Kier alpha value is -7.11. The van der Waals surface area contributed by atoms with Crippen LogP contribution in [0.5, 0.6) is 0 Å². The van der Waals surface area contributed by atoms with Crippen LogP contribution in [-0.4, -0.2) is 24.9 Å². The summed E-state index contributed by atoms with van der Waals surface area (Å²) in [5.74, 6) is 1.86. The molecule has 0 aliphatic rings. The van der Waals surface area contributed by atoms with Crippen LogP contribution < -0.4 is 0 Å². The Labute approximate surface area is 321 Å². The molecule has 0 spiro atoms. The molecule has 6 aromatic carbocycles. The van der Waals surface area contributed by atoms with E-state index < -0.39 is 5.41 Å². The van der Waals surface area contributed by atoms with Crippen molar-refractivity contribution >= 4 is 10.8 Å². The molecule has 0 atom stereocenters. The predicted molar refractivity (Wildman–Crippen MR) is 224 cm³/mol. The lowest BCUT2D eigenvalue weighted by Gasteiger charge is -2.28. The van der Waals surface area contributed by atoms with E-state index in [0.717, 1.165) is 72.5 Å². The van der Waals surface area contributed by atoms with Crippen LogP contribution in [0.3, 0.4) is 0 Å². The quantitative estimate of drug-likeness (QED) is 0.157. The van der Waals surface area contributed by atoms with E-state index in [9.17, 15) is 0 Å². The molecule has 0 bridgehead atoms. The molecule has 55 heavy (non-hydrogen) atoms. The molecule has 0 saturated carbocycles. The minimum atomic E-state index is -0.587. The lowest BCUT2D eigenvalue weighted by atomic mass is 9.79. The van der Waals surface area contributed by atoms with Gasteiger partial charge < -0.3 is 0 Å². The Morgan fingerprint density at radius 2 is 0.800 bits per heavy atom. The van der Waals surface area contributed by atoms with Gasteiger partial charge in [0.2, 0.25) is 0 Å². The molecule has 9 aromatic rings. The van der Waals surface area contributed by atoms with Crippen LogP contribution in [0.25, 0.3) is 78.6 Å². The van der Waals surface area contributed by atoms with Gasteiger partial charge in [0.15, 0.2) is 17.5 Å². The van der Waals surface area contributed by atoms with Crippen molar-refractivity contribution in [2.45, 2.75) is 19.3 Å². The van der Waals surface area contributed by atoms with Gasteiger partial charge in [-0.25, -0.2) is 15.0 Å². The maximum Gasteiger partial charge on any atom is 0.164 e. The summed E-state index contributed by atoms with van der Waals surface area (Å²) in [4.78, 5) is 26.0. The molecule has 0 unspecified atom stereocenters. The molecule has 3 heterocycles. The van der Waals surface area contributed by atoms with E-state index in [0.29, 0.717) is 17.5 Å². The van der Waals surface area contributed by atoms with Crippen LogP contribution in [0.15, 0.2) is 188 Å². The second kappa shape index (κ2) is 14.4. The zero-order valence-electron chi connectivity index (χ0n) is 30.6. The van der Waals surface area contributed by atoms with E-state index in [1.54, 1.807) is 0 Å². The van der Waals surface area contributed by atoms with Crippen LogP contribution in [-0.2, 0) is 5.41 Å². The van der Waals surface area contributed by atoms with Crippen LogP contribution in [0, 0.1) is 0 Å². The second-order valence-corrected chi connectivity index (χ2v) is 14.1. The van der Waals surface area contributed by atoms with Gasteiger partial charge in [0.1, 0.15) is 0 Å². The van der Waals surface area contributed by atoms with Crippen molar-refractivity contribution in [3.8, 4) is 67.8 Å². The van der Waals surface area contributed by atoms with Gasteiger partial charge in [-0.05, 0) is 43.0 Å². The fourth-order valence-electron chi connectivity index (χ4n) is 7.28. The third kappa shape index (κ3) is 6.57. The molecule has 9 rings (SSSR count). The molecule has 0 fully saturated rings. The largest absolute Gasteiger partial charge is 0.252 e. The smallest absolute Gasteiger partial charge is 0.164 e. The minimum absolute atomic E-state index is 0.587. The van der Waals surface area contributed by atoms with Crippen LogP contribution in [0.4, 0.5) is 0 Å². The highest BCUT2D eigenvalue weighted by atomic mass is 15.0.